The van der Waals surface area contributed by atoms with Gasteiger partial charge in [-0.2, -0.15) is 0 Å². The zero-order chi connectivity index (χ0) is 15.6. The Morgan fingerprint density at radius 2 is 2.29 bits per heavy atom. The molecule has 21 heavy (non-hydrogen) atoms. The van der Waals surface area contributed by atoms with Crippen molar-refractivity contribution in [1.82, 2.24) is 0 Å². The highest BCUT2D eigenvalue weighted by Gasteiger charge is 2.32. The third kappa shape index (κ3) is 3.92. The van der Waals surface area contributed by atoms with Crippen molar-refractivity contribution in [1.29, 1.82) is 0 Å². The van der Waals surface area contributed by atoms with E-state index < -0.39 is 11.0 Å². The molecule has 2 rings (SSSR count). The number of ether oxygens (including phenoxy) is 2. The van der Waals surface area contributed by atoms with Crippen molar-refractivity contribution in [3.8, 4) is 5.75 Å². The second-order valence-electron chi connectivity index (χ2n) is 6.00. The molecule has 0 amide bonds. The summed E-state index contributed by atoms with van der Waals surface area (Å²) in [5, 5.41) is 20.5. The summed E-state index contributed by atoms with van der Waals surface area (Å²) < 4.78 is 11.5. The highest BCUT2D eigenvalue weighted by atomic mass is 16.6. The predicted molar refractivity (Wildman–Crippen MR) is 77.4 cm³/mol. The highest BCUT2D eigenvalue weighted by Crippen LogP contribution is 2.32. The lowest BCUT2D eigenvalue weighted by Crippen LogP contribution is -2.24. The molecule has 1 aliphatic rings. The van der Waals surface area contributed by atoms with Crippen molar-refractivity contribution >= 4 is 5.69 Å². The molecule has 1 heterocycles. The van der Waals surface area contributed by atoms with Crippen LogP contribution in [-0.4, -0.2) is 28.3 Å². The van der Waals surface area contributed by atoms with Crippen LogP contribution in [0.1, 0.15) is 45.3 Å². The number of nitro benzene ring substituents is 1. The lowest BCUT2D eigenvalue weighted by atomic mass is 10.1. The van der Waals surface area contributed by atoms with Crippen LogP contribution in [0.25, 0.3) is 0 Å². The van der Waals surface area contributed by atoms with E-state index in [9.17, 15) is 15.2 Å². The van der Waals surface area contributed by atoms with E-state index in [1.165, 1.54) is 18.2 Å². The van der Waals surface area contributed by atoms with Crippen LogP contribution in [0.4, 0.5) is 5.69 Å². The van der Waals surface area contributed by atoms with E-state index in [4.69, 9.17) is 9.47 Å². The molecular weight excluding hydrogens is 274 g/mol. The SMILES string of the molecule is CC(O)c1cc([N+](=O)[O-])ccc1OCC1CCC(C)(C)O1. The molecule has 116 valence electrons. The van der Waals surface area contributed by atoms with Crippen LogP contribution >= 0.6 is 0 Å². The van der Waals surface area contributed by atoms with Gasteiger partial charge < -0.3 is 14.6 Å². The highest BCUT2D eigenvalue weighted by molar-refractivity contribution is 5.44. The molecule has 0 aliphatic carbocycles. The summed E-state index contributed by atoms with van der Waals surface area (Å²) in [6.45, 7) is 6.02. The fourth-order valence-electron chi connectivity index (χ4n) is 2.49. The second-order valence-corrected chi connectivity index (χ2v) is 6.00. The summed E-state index contributed by atoms with van der Waals surface area (Å²) in [6.07, 6.45) is 1.08. The summed E-state index contributed by atoms with van der Waals surface area (Å²) in [5.74, 6) is 0.462. The minimum atomic E-state index is -0.833. The van der Waals surface area contributed by atoms with Crippen molar-refractivity contribution in [2.24, 2.45) is 0 Å². The van der Waals surface area contributed by atoms with Gasteiger partial charge in [-0.15, -0.1) is 0 Å². The number of hydrogen-bond donors (Lipinski definition) is 1. The third-order valence-corrected chi connectivity index (χ3v) is 3.63. The zero-order valence-electron chi connectivity index (χ0n) is 12.5. The molecule has 1 saturated heterocycles. The average molecular weight is 295 g/mol. The third-order valence-electron chi connectivity index (χ3n) is 3.63. The number of hydrogen-bond acceptors (Lipinski definition) is 5. The van der Waals surface area contributed by atoms with Gasteiger partial charge in [-0.1, -0.05) is 0 Å². The summed E-state index contributed by atoms with van der Waals surface area (Å²) in [7, 11) is 0. The topological polar surface area (TPSA) is 81.8 Å². The number of nitrogens with zero attached hydrogens (tertiary/aromatic N) is 1. The summed E-state index contributed by atoms with van der Waals surface area (Å²) in [6, 6.07) is 4.25. The predicted octanol–water partition coefficient (Wildman–Crippen LogP) is 2.98. The molecule has 1 aromatic carbocycles. The molecule has 2 atom stereocenters. The van der Waals surface area contributed by atoms with Crippen LogP contribution in [0.2, 0.25) is 0 Å². The van der Waals surface area contributed by atoms with Crippen LogP contribution in [0, 0.1) is 10.1 Å². The van der Waals surface area contributed by atoms with Gasteiger partial charge in [0.05, 0.1) is 22.7 Å². The molecule has 0 spiro atoms. The van der Waals surface area contributed by atoms with Crippen LogP contribution in [-0.2, 0) is 4.74 Å². The first kappa shape index (κ1) is 15.7. The van der Waals surface area contributed by atoms with E-state index in [-0.39, 0.29) is 17.4 Å². The Labute approximate surface area is 123 Å². The van der Waals surface area contributed by atoms with Crippen molar-refractivity contribution < 1.29 is 19.5 Å². The number of aliphatic hydroxyl groups is 1. The van der Waals surface area contributed by atoms with Crippen LogP contribution in [0.15, 0.2) is 18.2 Å². The largest absolute Gasteiger partial charge is 0.490 e. The van der Waals surface area contributed by atoms with E-state index >= 15 is 0 Å². The van der Waals surface area contributed by atoms with Crippen molar-refractivity contribution in [3.05, 3.63) is 33.9 Å². The van der Waals surface area contributed by atoms with Crippen LogP contribution < -0.4 is 4.74 Å². The Morgan fingerprint density at radius 3 is 2.81 bits per heavy atom. The minimum Gasteiger partial charge on any atom is -0.490 e. The Bertz CT molecular complexity index is 527. The summed E-state index contributed by atoms with van der Waals surface area (Å²) in [5.41, 5.74) is 0.231. The van der Waals surface area contributed by atoms with Gasteiger partial charge in [0.1, 0.15) is 12.4 Å². The summed E-state index contributed by atoms with van der Waals surface area (Å²) >= 11 is 0. The Balaban J connectivity index is 2.07. The van der Waals surface area contributed by atoms with Gasteiger partial charge in [0.15, 0.2) is 0 Å². The van der Waals surface area contributed by atoms with Crippen LogP contribution in [0.5, 0.6) is 5.75 Å². The number of nitro groups is 1. The monoisotopic (exact) mass is 295 g/mol. The summed E-state index contributed by atoms with van der Waals surface area (Å²) in [4.78, 5) is 10.3. The maximum absolute atomic E-state index is 10.8. The Kier molecular flexibility index (Phi) is 4.49. The lowest BCUT2D eigenvalue weighted by Gasteiger charge is -2.20. The quantitative estimate of drug-likeness (QED) is 0.667. The molecule has 1 N–H and O–H groups in total. The minimum absolute atomic E-state index is 0.0111. The van der Waals surface area contributed by atoms with Crippen molar-refractivity contribution in [2.75, 3.05) is 6.61 Å². The molecule has 1 aliphatic heterocycles. The number of aliphatic hydroxyl groups excluding tert-OH is 1. The van der Waals surface area contributed by atoms with Gasteiger partial charge in [-0.05, 0) is 39.7 Å². The fraction of sp³-hybridized carbons (Fsp3) is 0.600. The molecule has 0 saturated carbocycles. The second kappa shape index (κ2) is 5.99. The number of rotatable bonds is 5. The van der Waals surface area contributed by atoms with Gasteiger partial charge in [0, 0.05) is 17.7 Å². The lowest BCUT2D eigenvalue weighted by molar-refractivity contribution is -0.385. The molecule has 0 bridgehead atoms. The van der Waals surface area contributed by atoms with Gasteiger partial charge in [-0.3, -0.25) is 10.1 Å². The maximum Gasteiger partial charge on any atom is 0.270 e. The Hall–Kier alpha value is -1.66. The van der Waals surface area contributed by atoms with E-state index in [1.54, 1.807) is 6.92 Å². The van der Waals surface area contributed by atoms with Crippen LogP contribution in [0.3, 0.4) is 0 Å². The van der Waals surface area contributed by atoms with E-state index in [2.05, 4.69) is 0 Å². The van der Waals surface area contributed by atoms with Crippen molar-refractivity contribution in [3.63, 3.8) is 0 Å². The van der Waals surface area contributed by atoms with Gasteiger partial charge in [-0.25, -0.2) is 0 Å². The number of benzene rings is 1. The number of non-ortho nitro benzene ring substituents is 1. The fourth-order valence-corrected chi connectivity index (χ4v) is 2.49. The Morgan fingerprint density at radius 1 is 1.57 bits per heavy atom. The molecule has 0 radical (unpaired) electrons. The average Bonchev–Trinajstić information content (AvgIpc) is 2.75. The maximum atomic E-state index is 10.8. The molecule has 1 aromatic rings. The first-order valence-electron chi connectivity index (χ1n) is 7.05. The first-order valence-corrected chi connectivity index (χ1v) is 7.05. The smallest absolute Gasteiger partial charge is 0.270 e. The standard InChI is InChI=1S/C15H21NO5/c1-10(17)13-8-11(16(18)19)4-5-14(13)20-9-12-6-7-15(2,3)21-12/h4-5,8,10,12,17H,6-7,9H2,1-3H3. The molecule has 6 heteroatoms. The molecule has 6 nitrogen and oxygen atoms in total. The van der Waals surface area contributed by atoms with Crippen molar-refractivity contribution in [2.45, 2.75) is 51.4 Å². The van der Waals surface area contributed by atoms with E-state index in [0.29, 0.717) is 17.9 Å². The van der Waals surface area contributed by atoms with Gasteiger partial charge in [0.2, 0.25) is 0 Å². The molecule has 0 aromatic heterocycles. The zero-order valence-corrected chi connectivity index (χ0v) is 12.5. The van der Waals surface area contributed by atoms with E-state index in [0.717, 1.165) is 12.8 Å². The molecular formula is C15H21NO5. The molecule has 2 unspecified atom stereocenters. The first-order chi connectivity index (χ1) is 9.78. The molecule has 1 fully saturated rings. The van der Waals surface area contributed by atoms with E-state index in [1.807, 2.05) is 13.8 Å². The van der Waals surface area contributed by atoms with Gasteiger partial charge >= 0.3 is 0 Å². The normalized spacial score (nSPS) is 22.0. The van der Waals surface area contributed by atoms with Gasteiger partial charge in [0.25, 0.3) is 5.69 Å².